The van der Waals surface area contributed by atoms with E-state index in [9.17, 15) is 9.90 Å². The van der Waals surface area contributed by atoms with Crippen LogP contribution in [0.3, 0.4) is 0 Å². The van der Waals surface area contributed by atoms with Crippen LogP contribution in [0.4, 0.5) is 5.82 Å². The molecule has 31 heavy (non-hydrogen) atoms. The van der Waals surface area contributed by atoms with Crippen LogP contribution in [0.5, 0.6) is 5.75 Å². The summed E-state index contributed by atoms with van der Waals surface area (Å²) >= 11 is 0. The zero-order valence-electron chi connectivity index (χ0n) is 17.7. The third-order valence-corrected chi connectivity index (χ3v) is 5.75. The maximum absolute atomic E-state index is 11.1. The number of fused-ring (bicyclic) bond motifs is 1. The zero-order valence-corrected chi connectivity index (χ0v) is 17.7. The van der Waals surface area contributed by atoms with E-state index in [0.29, 0.717) is 23.6 Å². The van der Waals surface area contributed by atoms with Gasteiger partial charge in [0.15, 0.2) is 5.82 Å². The number of nitrogens with zero attached hydrogens (tertiary/aromatic N) is 3. The number of aromatic nitrogens is 2. The summed E-state index contributed by atoms with van der Waals surface area (Å²) in [6.45, 7) is 3.62. The number of hydrogen-bond acceptors (Lipinski definition) is 6. The van der Waals surface area contributed by atoms with Crippen molar-refractivity contribution in [1.82, 2.24) is 15.1 Å². The van der Waals surface area contributed by atoms with Crippen molar-refractivity contribution < 1.29 is 15.0 Å². The third kappa shape index (κ3) is 4.77. The van der Waals surface area contributed by atoms with E-state index in [1.165, 1.54) is 0 Å². The minimum Gasteiger partial charge on any atom is -0.507 e. The number of nitrogens with one attached hydrogen (secondary N) is 1. The number of aryl methyl sites for hydroxylation is 1. The standard InChI is InChI=1S/C24H28N4O3/c1-2-6-16-10-11-20(21(29)13-16)23-18-8-3-4-9-19(18)24(27-26-23)25-17-7-5-12-28(14-17)15-22(30)31/h3-4,8-11,13,17,29H,2,5-7,12,14-15H2,1H3,(H,25,27)(H,30,31)/t17-/m1/s1. The van der Waals surface area contributed by atoms with Crippen LogP contribution in [0.2, 0.25) is 0 Å². The maximum atomic E-state index is 11.1. The minimum atomic E-state index is -0.806. The molecule has 4 rings (SSSR count). The molecule has 0 radical (unpaired) electrons. The van der Waals surface area contributed by atoms with Crippen molar-refractivity contribution in [3.05, 3.63) is 48.0 Å². The predicted molar refractivity (Wildman–Crippen MR) is 121 cm³/mol. The van der Waals surface area contributed by atoms with Gasteiger partial charge < -0.3 is 15.5 Å². The Morgan fingerprint density at radius 3 is 2.74 bits per heavy atom. The fraction of sp³-hybridized carbons (Fsp3) is 0.375. The Kier molecular flexibility index (Phi) is 6.32. The van der Waals surface area contributed by atoms with E-state index in [1.807, 2.05) is 41.3 Å². The largest absolute Gasteiger partial charge is 0.507 e. The Morgan fingerprint density at radius 2 is 2.00 bits per heavy atom. The highest BCUT2D eigenvalue weighted by molar-refractivity contribution is 6.00. The van der Waals surface area contributed by atoms with Gasteiger partial charge in [-0.25, -0.2) is 0 Å². The highest BCUT2D eigenvalue weighted by Gasteiger charge is 2.23. The summed E-state index contributed by atoms with van der Waals surface area (Å²) in [5.74, 6) is 0.0892. The maximum Gasteiger partial charge on any atom is 0.317 e. The molecule has 3 N–H and O–H groups in total. The zero-order chi connectivity index (χ0) is 21.8. The third-order valence-electron chi connectivity index (χ3n) is 5.75. The lowest BCUT2D eigenvalue weighted by Gasteiger charge is -2.32. The second-order valence-electron chi connectivity index (χ2n) is 8.16. The van der Waals surface area contributed by atoms with E-state index in [2.05, 4.69) is 22.4 Å². The Balaban J connectivity index is 1.64. The van der Waals surface area contributed by atoms with Crippen LogP contribution >= 0.6 is 0 Å². The van der Waals surface area contributed by atoms with Crippen LogP contribution in [-0.2, 0) is 11.2 Å². The molecule has 162 valence electrons. The van der Waals surface area contributed by atoms with Gasteiger partial charge >= 0.3 is 5.97 Å². The molecule has 2 heterocycles. The number of carboxylic acids is 1. The van der Waals surface area contributed by atoms with E-state index in [0.717, 1.165) is 48.6 Å². The Morgan fingerprint density at radius 1 is 1.19 bits per heavy atom. The van der Waals surface area contributed by atoms with E-state index in [1.54, 1.807) is 6.07 Å². The average molecular weight is 421 g/mol. The number of aromatic hydroxyl groups is 1. The normalized spacial score (nSPS) is 17.0. The van der Waals surface area contributed by atoms with Gasteiger partial charge in [0.25, 0.3) is 0 Å². The average Bonchev–Trinajstić information content (AvgIpc) is 2.75. The number of hydrogen-bond donors (Lipinski definition) is 3. The molecule has 7 nitrogen and oxygen atoms in total. The SMILES string of the molecule is CCCc1ccc(-c2nnc(N[C@@H]3CCCN(CC(=O)O)C3)c3ccccc23)c(O)c1. The summed E-state index contributed by atoms with van der Waals surface area (Å²) in [4.78, 5) is 13.0. The summed E-state index contributed by atoms with van der Waals surface area (Å²) in [6.07, 6.45) is 3.83. The molecule has 2 aromatic carbocycles. The van der Waals surface area contributed by atoms with Gasteiger partial charge in [-0.3, -0.25) is 9.69 Å². The summed E-state index contributed by atoms with van der Waals surface area (Å²) in [7, 11) is 0. The lowest BCUT2D eigenvalue weighted by Crippen LogP contribution is -2.44. The Bertz CT molecular complexity index is 1090. The summed E-state index contributed by atoms with van der Waals surface area (Å²) in [6, 6.07) is 13.8. The summed E-state index contributed by atoms with van der Waals surface area (Å²) < 4.78 is 0. The van der Waals surface area contributed by atoms with Crippen molar-refractivity contribution in [3.8, 4) is 17.0 Å². The number of carboxylic acid groups (broad SMARTS) is 1. The first-order chi connectivity index (χ1) is 15.0. The monoisotopic (exact) mass is 420 g/mol. The molecule has 0 aliphatic carbocycles. The van der Waals surface area contributed by atoms with Crippen LogP contribution in [0, 0.1) is 0 Å². The van der Waals surface area contributed by atoms with Gasteiger partial charge in [0.05, 0.1) is 6.54 Å². The van der Waals surface area contributed by atoms with Crippen LogP contribution in [0.15, 0.2) is 42.5 Å². The number of benzene rings is 2. The quantitative estimate of drug-likeness (QED) is 0.533. The molecule has 7 heteroatoms. The van der Waals surface area contributed by atoms with Gasteiger partial charge in [-0.15, -0.1) is 10.2 Å². The number of likely N-dealkylation sites (tertiary alicyclic amines) is 1. The number of phenols is 1. The number of anilines is 1. The van der Waals surface area contributed by atoms with Crippen molar-refractivity contribution in [3.63, 3.8) is 0 Å². The van der Waals surface area contributed by atoms with Crippen molar-refractivity contribution in [2.75, 3.05) is 25.0 Å². The smallest absolute Gasteiger partial charge is 0.317 e. The number of aliphatic carboxylic acids is 1. The van der Waals surface area contributed by atoms with Gasteiger partial charge in [-0.1, -0.05) is 43.7 Å². The molecule has 0 amide bonds. The summed E-state index contributed by atoms with van der Waals surface area (Å²) in [5.41, 5.74) is 2.42. The second kappa shape index (κ2) is 9.31. The Labute approximate surface area is 181 Å². The van der Waals surface area contributed by atoms with Gasteiger partial charge in [0, 0.05) is 28.9 Å². The van der Waals surface area contributed by atoms with Crippen LogP contribution in [0.1, 0.15) is 31.7 Å². The molecule has 0 spiro atoms. The molecular weight excluding hydrogens is 392 g/mol. The van der Waals surface area contributed by atoms with Crippen molar-refractivity contribution in [1.29, 1.82) is 0 Å². The molecule has 0 saturated carbocycles. The van der Waals surface area contributed by atoms with E-state index in [4.69, 9.17) is 5.11 Å². The van der Waals surface area contributed by atoms with Crippen LogP contribution in [0.25, 0.3) is 22.0 Å². The number of phenolic OH excluding ortho intramolecular Hbond substituents is 1. The van der Waals surface area contributed by atoms with Crippen molar-refractivity contribution >= 4 is 22.6 Å². The summed E-state index contributed by atoms with van der Waals surface area (Å²) in [5, 5.41) is 34.0. The number of rotatable bonds is 7. The fourth-order valence-corrected chi connectivity index (χ4v) is 4.33. The molecule has 1 aliphatic heterocycles. The van der Waals surface area contributed by atoms with E-state index >= 15 is 0 Å². The van der Waals surface area contributed by atoms with Crippen molar-refractivity contribution in [2.45, 2.75) is 38.6 Å². The van der Waals surface area contributed by atoms with Gasteiger partial charge in [-0.2, -0.15) is 0 Å². The lowest BCUT2D eigenvalue weighted by atomic mass is 10.0. The fourth-order valence-electron chi connectivity index (χ4n) is 4.33. The second-order valence-corrected chi connectivity index (χ2v) is 8.16. The molecular formula is C24H28N4O3. The predicted octanol–water partition coefficient (Wildman–Crippen LogP) is 3.92. The first kappa shape index (κ1) is 21.1. The molecule has 1 saturated heterocycles. The number of piperidine rings is 1. The highest BCUT2D eigenvalue weighted by Crippen LogP contribution is 2.35. The van der Waals surface area contributed by atoms with E-state index < -0.39 is 5.97 Å². The Hall–Kier alpha value is -3.19. The lowest BCUT2D eigenvalue weighted by molar-refractivity contribution is -0.138. The first-order valence-corrected chi connectivity index (χ1v) is 10.8. The first-order valence-electron chi connectivity index (χ1n) is 10.8. The topological polar surface area (TPSA) is 98.6 Å². The molecule has 1 atom stereocenters. The molecule has 1 aromatic heterocycles. The molecule has 0 unspecified atom stereocenters. The minimum absolute atomic E-state index is 0.0524. The van der Waals surface area contributed by atoms with E-state index in [-0.39, 0.29) is 18.3 Å². The molecule has 0 bridgehead atoms. The molecule has 1 fully saturated rings. The van der Waals surface area contributed by atoms with Gasteiger partial charge in [0.1, 0.15) is 11.4 Å². The molecule has 3 aromatic rings. The highest BCUT2D eigenvalue weighted by atomic mass is 16.4. The number of carbonyl (C=O) groups is 1. The van der Waals surface area contributed by atoms with Gasteiger partial charge in [-0.05, 0) is 43.5 Å². The molecule has 1 aliphatic rings. The van der Waals surface area contributed by atoms with Crippen LogP contribution < -0.4 is 5.32 Å². The van der Waals surface area contributed by atoms with Gasteiger partial charge in [0.2, 0.25) is 0 Å². The van der Waals surface area contributed by atoms with Crippen LogP contribution in [-0.4, -0.2) is 57.0 Å². The van der Waals surface area contributed by atoms with Crippen molar-refractivity contribution in [2.24, 2.45) is 0 Å².